The molecular formula is C10H21ClN2O2S. The molecule has 1 saturated heterocycles. The Kier molecular flexibility index (Phi) is 6.03. The summed E-state index contributed by atoms with van der Waals surface area (Å²) in [6.45, 7) is 3.63. The van der Waals surface area contributed by atoms with Gasteiger partial charge in [-0.3, -0.25) is 0 Å². The molecule has 4 nitrogen and oxygen atoms in total. The molecule has 0 aromatic rings. The lowest BCUT2D eigenvalue weighted by Gasteiger charge is -2.26. The minimum Gasteiger partial charge on any atom is -0.201 e. The van der Waals surface area contributed by atoms with Gasteiger partial charge in [-0.1, -0.05) is 19.8 Å². The van der Waals surface area contributed by atoms with Gasteiger partial charge in [-0.25, -0.2) is 4.72 Å². The van der Waals surface area contributed by atoms with E-state index < -0.39 is 10.2 Å². The average Bonchev–Trinajstić information content (AvgIpc) is 2.28. The molecule has 0 bridgehead atoms. The monoisotopic (exact) mass is 268 g/mol. The van der Waals surface area contributed by atoms with Crippen molar-refractivity contribution in [2.75, 3.05) is 19.6 Å². The van der Waals surface area contributed by atoms with Crippen molar-refractivity contribution in [3.05, 3.63) is 0 Å². The van der Waals surface area contributed by atoms with Crippen LogP contribution in [-0.4, -0.2) is 37.7 Å². The van der Waals surface area contributed by atoms with Crippen LogP contribution >= 0.6 is 11.6 Å². The first-order valence-electron chi connectivity index (χ1n) is 5.95. The highest BCUT2D eigenvalue weighted by atomic mass is 35.5. The molecule has 6 heteroatoms. The lowest BCUT2D eigenvalue weighted by atomic mass is 10.2. The van der Waals surface area contributed by atoms with Gasteiger partial charge in [-0.05, 0) is 19.3 Å². The van der Waals surface area contributed by atoms with E-state index in [1.165, 1.54) is 4.31 Å². The number of nitrogens with zero attached hydrogens (tertiary/aromatic N) is 1. The number of piperidine rings is 1. The molecular weight excluding hydrogens is 248 g/mol. The van der Waals surface area contributed by atoms with Crippen LogP contribution < -0.4 is 4.72 Å². The number of rotatable bonds is 6. The Hall–Kier alpha value is 0.160. The molecule has 0 spiro atoms. The van der Waals surface area contributed by atoms with E-state index in [1.54, 1.807) is 0 Å². The quantitative estimate of drug-likeness (QED) is 0.746. The number of hydrogen-bond acceptors (Lipinski definition) is 2. The second-order valence-electron chi connectivity index (χ2n) is 4.20. The number of hydrogen-bond donors (Lipinski definition) is 1. The highest BCUT2D eigenvalue weighted by Crippen LogP contribution is 2.12. The predicted octanol–water partition coefficient (Wildman–Crippen LogP) is 1.71. The van der Waals surface area contributed by atoms with Crippen molar-refractivity contribution in [2.45, 2.75) is 44.4 Å². The smallest absolute Gasteiger partial charge is 0.201 e. The van der Waals surface area contributed by atoms with E-state index in [9.17, 15) is 8.42 Å². The van der Waals surface area contributed by atoms with Gasteiger partial charge in [0.1, 0.15) is 0 Å². The number of nitrogens with one attached hydrogen (secondary N) is 1. The van der Waals surface area contributed by atoms with E-state index in [4.69, 9.17) is 11.6 Å². The highest BCUT2D eigenvalue weighted by molar-refractivity contribution is 7.87. The molecule has 1 unspecified atom stereocenters. The predicted molar refractivity (Wildman–Crippen MR) is 66.9 cm³/mol. The topological polar surface area (TPSA) is 49.4 Å². The van der Waals surface area contributed by atoms with Gasteiger partial charge in [0.05, 0.1) is 0 Å². The summed E-state index contributed by atoms with van der Waals surface area (Å²) in [6.07, 6.45) is 4.85. The maximum atomic E-state index is 11.9. The van der Waals surface area contributed by atoms with Crippen LogP contribution in [0, 0.1) is 0 Å². The zero-order chi connectivity index (χ0) is 12.0. The Balaban J connectivity index is 2.38. The first-order valence-corrected chi connectivity index (χ1v) is 7.82. The van der Waals surface area contributed by atoms with E-state index >= 15 is 0 Å². The number of halogens is 1. The molecule has 0 aromatic heterocycles. The molecule has 1 aliphatic heterocycles. The Morgan fingerprint density at radius 2 is 1.94 bits per heavy atom. The molecule has 1 fully saturated rings. The minimum atomic E-state index is -3.30. The Morgan fingerprint density at radius 1 is 1.31 bits per heavy atom. The van der Waals surface area contributed by atoms with Crippen molar-refractivity contribution in [3.63, 3.8) is 0 Å². The third-order valence-electron chi connectivity index (χ3n) is 2.74. The molecule has 0 aromatic carbocycles. The highest BCUT2D eigenvalue weighted by Gasteiger charge is 2.23. The van der Waals surface area contributed by atoms with Gasteiger partial charge in [0.2, 0.25) is 0 Å². The lowest BCUT2D eigenvalue weighted by molar-refractivity contribution is 0.341. The third-order valence-corrected chi connectivity index (χ3v) is 4.69. The maximum Gasteiger partial charge on any atom is 0.279 e. The van der Waals surface area contributed by atoms with Gasteiger partial charge in [0.25, 0.3) is 10.2 Å². The molecule has 16 heavy (non-hydrogen) atoms. The van der Waals surface area contributed by atoms with Crippen molar-refractivity contribution in [1.29, 1.82) is 0 Å². The summed E-state index contributed by atoms with van der Waals surface area (Å²) >= 11 is 5.98. The van der Waals surface area contributed by atoms with E-state index in [1.807, 2.05) is 6.92 Å². The summed E-state index contributed by atoms with van der Waals surface area (Å²) in [5.41, 5.74) is 0. The third kappa shape index (κ3) is 4.57. The largest absolute Gasteiger partial charge is 0.279 e. The fourth-order valence-electron chi connectivity index (χ4n) is 1.81. The minimum absolute atomic E-state index is 0.107. The summed E-state index contributed by atoms with van der Waals surface area (Å²) in [7, 11) is -3.30. The van der Waals surface area contributed by atoms with E-state index in [2.05, 4.69) is 4.72 Å². The second-order valence-corrected chi connectivity index (χ2v) is 6.57. The molecule has 1 N–H and O–H groups in total. The van der Waals surface area contributed by atoms with Crippen LogP contribution in [0.4, 0.5) is 0 Å². The zero-order valence-electron chi connectivity index (χ0n) is 9.78. The summed E-state index contributed by atoms with van der Waals surface area (Å²) in [6, 6.07) is 0. The molecule has 1 aliphatic rings. The summed E-state index contributed by atoms with van der Waals surface area (Å²) in [4.78, 5) is 0. The van der Waals surface area contributed by atoms with Crippen molar-refractivity contribution in [2.24, 2.45) is 0 Å². The van der Waals surface area contributed by atoms with Gasteiger partial charge in [0, 0.05) is 25.0 Å². The first kappa shape index (κ1) is 14.2. The Morgan fingerprint density at radius 3 is 2.50 bits per heavy atom. The van der Waals surface area contributed by atoms with Crippen LogP contribution in [0.1, 0.15) is 39.0 Å². The summed E-state index contributed by atoms with van der Waals surface area (Å²) in [5.74, 6) is 0. The second kappa shape index (κ2) is 6.79. The van der Waals surface area contributed by atoms with Gasteiger partial charge < -0.3 is 0 Å². The number of alkyl halides is 1. The fraction of sp³-hybridized carbons (Fsp3) is 1.00. The van der Waals surface area contributed by atoms with Crippen molar-refractivity contribution in [1.82, 2.24) is 9.03 Å². The molecule has 0 amide bonds. The van der Waals surface area contributed by atoms with Crippen LogP contribution in [-0.2, 0) is 10.2 Å². The molecule has 1 rings (SSSR count). The van der Waals surface area contributed by atoms with Crippen LogP contribution in [0.15, 0.2) is 0 Å². The van der Waals surface area contributed by atoms with Crippen molar-refractivity contribution < 1.29 is 8.42 Å². The van der Waals surface area contributed by atoms with Crippen molar-refractivity contribution >= 4 is 21.8 Å². The standard InChI is InChI=1S/C10H21ClN2O2S/c1-2-6-10(11)9-12-16(14,15)13-7-4-3-5-8-13/h10,12H,2-9H2,1H3. The van der Waals surface area contributed by atoms with Gasteiger partial charge in [0.15, 0.2) is 0 Å². The fourth-order valence-corrected chi connectivity index (χ4v) is 3.53. The Bertz CT molecular complexity index is 289. The van der Waals surface area contributed by atoms with Gasteiger partial charge in [-0.2, -0.15) is 12.7 Å². The maximum absolute atomic E-state index is 11.9. The first-order chi connectivity index (χ1) is 7.56. The van der Waals surface area contributed by atoms with Crippen LogP contribution in [0.25, 0.3) is 0 Å². The van der Waals surface area contributed by atoms with Gasteiger partial charge in [-0.15, -0.1) is 11.6 Å². The Labute approximate surface area is 104 Å². The average molecular weight is 269 g/mol. The molecule has 0 saturated carbocycles. The zero-order valence-corrected chi connectivity index (χ0v) is 11.4. The molecule has 96 valence electrons. The van der Waals surface area contributed by atoms with E-state index in [-0.39, 0.29) is 5.38 Å². The molecule has 0 aliphatic carbocycles. The summed E-state index contributed by atoms with van der Waals surface area (Å²) < 4.78 is 27.8. The van der Waals surface area contributed by atoms with Crippen LogP contribution in [0.3, 0.4) is 0 Å². The van der Waals surface area contributed by atoms with E-state index in [0.29, 0.717) is 19.6 Å². The normalized spacial score (nSPS) is 20.9. The molecule has 0 radical (unpaired) electrons. The summed E-state index contributed by atoms with van der Waals surface area (Å²) in [5, 5.41) is -0.107. The SMILES string of the molecule is CCCC(Cl)CNS(=O)(=O)N1CCCCC1. The molecule has 1 heterocycles. The van der Waals surface area contributed by atoms with E-state index in [0.717, 1.165) is 32.1 Å². The van der Waals surface area contributed by atoms with Crippen LogP contribution in [0.2, 0.25) is 0 Å². The van der Waals surface area contributed by atoms with Crippen LogP contribution in [0.5, 0.6) is 0 Å². The van der Waals surface area contributed by atoms with Gasteiger partial charge >= 0.3 is 0 Å². The molecule has 1 atom stereocenters. The lowest BCUT2D eigenvalue weighted by Crippen LogP contribution is -2.45. The van der Waals surface area contributed by atoms with Crippen molar-refractivity contribution in [3.8, 4) is 0 Å².